The van der Waals surface area contributed by atoms with Crippen LogP contribution in [0.3, 0.4) is 0 Å². The molecule has 8 rings (SSSR count). The van der Waals surface area contributed by atoms with Gasteiger partial charge in [0.2, 0.25) is 0 Å². The Morgan fingerprint density at radius 1 is 0.488 bits per heavy atom. The number of benzene rings is 6. The normalized spacial score (nSPS) is 11.8. The summed E-state index contributed by atoms with van der Waals surface area (Å²) in [7, 11) is 0. The summed E-state index contributed by atoms with van der Waals surface area (Å²) in [6.07, 6.45) is 6.07. The third-order valence-corrected chi connectivity index (χ3v) is 8.35. The molecule has 0 fully saturated rings. The lowest BCUT2D eigenvalue weighted by atomic mass is 9.94. The van der Waals surface area contributed by atoms with Crippen molar-refractivity contribution < 1.29 is 8.83 Å². The molecule has 204 valence electrons. The van der Waals surface area contributed by atoms with Crippen LogP contribution in [0.2, 0.25) is 0 Å². The number of furan rings is 2. The van der Waals surface area contributed by atoms with E-state index in [9.17, 15) is 0 Å². The Morgan fingerprint density at radius 3 is 1.53 bits per heavy atom. The maximum Gasteiger partial charge on any atom is 0.147 e. The van der Waals surface area contributed by atoms with Crippen molar-refractivity contribution in [2.75, 3.05) is 0 Å². The van der Waals surface area contributed by atoms with Gasteiger partial charge in [-0.05, 0) is 82.3 Å². The summed E-state index contributed by atoms with van der Waals surface area (Å²) < 4.78 is 13.4. The summed E-state index contributed by atoms with van der Waals surface area (Å²) in [6, 6.07) is 42.6. The minimum absolute atomic E-state index is 0.827. The van der Waals surface area contributed by atoms with Crippen LogP contribution in [0.1, 0.15) is 18.1 Å². The van der Waals surface area contributed by atoms with Crippen LogP contribution >= 0.6 is 0 Å². The van der Waals surface area contributed by atoms with Crippen molar-refractivity contribution >= 4 is 56.0 Å². The predicted molar refractivity (Wildman–Crippen MR) is 182 cm³/mol. The van der Waals surface area contributed by atoms with E-state index in [2.05, 4.69) is 128 Å². The average Bonchev–Trinajstić information content (AvgIpc) is 3.61. The first-order chi connectivity index (χ1) is 21.2. The van der Waals surface area contributed by atoms with Gasteiger partial charge < -0.3 is 8.83 Å². The van der Waals surface area contributed by atoms with Crippen LogP contribution in [-0.4, -0.2) is 0 Å². The summed E-state index contributed by atoms with van der Waals surface area (Å²) in [5.74, 6) is 0. The largest absolute Gasteiger partial charge is 0.455 e. The number of allylic oxidation sites excluding steroid dienone is 1. The molecule has 0 aliphatic carbocycles. The Kier molecular flexibility index (Phi) is 5.87. The highest BCUT2D eigenvalue weighted by Gasteiger charge is 2.22. The average molecular weight is 553 g/mol. The lowest BCUT2D eigenvalue weighted by molar-refractivity contribution is 0.658. The van der Waals surface area contributed by atoms with Crippen molar-refractivity contribution in [3.63, 3.8) is 0 Å². The summed E-state index contributed by atoms with van der Waals surface area (Å²) >= 11 is 0. The van der Waals surface area contributed by atoms with Gasteiger partial charge in [0.1, 0.15) is 22.3 Å². The summed E-state index contributed by atoms with van der Waals surface area (Å²) in [4.78, 5) is 0. The maximum atomic E-state index is 6.68. The van der Waals surface area contributed by atoms with E-state index in [1.165, 1.54) is 11.1 Å². The molecular formula is C41H28O2. The van der Waals surface area contributed by atoms with E-state index < -0.39 is 0 Å². The van der Waals surface area contributed by atoms with Gasteiger partial charge in [-0.3, -0.25) is 0 Å². The quantitative estimate of drug-likeness (QED) is 0.212. The molecule has 2 nitrogen and oxygen atoms in total. The Balaban J connectivity index is 1.48. The molecular weight excluding hydrogens is 524 g/mol. The van der Waals surface area contributed by atoms with Crippen LogP contribution in [0.15, 0.2) is 143 Å². The van der Waals surface area contributed by atoms with Crippen molar-refractivity contribution in [2.45, 2.75) is 6.92 Å². The van der Waals surface area contributed by atoms with Crippen LogP contribution in [0.5, 0.6) is 0 Å². The van der Waals surface area contributed by atoms with Gasteiger partial charge in [0.25, 0.3) is 0 Å². The SMILES string of the molecule is C=Cc1ccc(-c2c3oc4ccc(-c5ccccc5)cc4c3cc3c2oc2ccc(-c4ccccc4)cc23)cc1/C=C\C. The second kappa shape index (κ2) is 10.0. The number of rotatable bonds is 5. The maximum absolute atomic E-state index is 6.68. The van der Waals surface area contributed by atoms with Gasteiger partial charge in [0.05, 0.1) is 5.56 Å². The van der Waals surface area contributed by atoms with E-state index in [0.29, 0.717) is 0 Å². The van der Waals surface area contributed by atoms with Crippen LogP contribution in [-0.2, 0) is 0 Å². The lowest BCUT2D eigenvalue weighted by Gasteiger charge is -2.08. The Hall–Kier alpha value is -5.60. The molecule has 0 saturated heterocycles. The molecule has 8 aromatic rings. The van der Waals surface area contributed by atoms with E-state index in [1.54, 1.807) is 0 Å². The van der Waals surface area contributed by atoms with E-state index in [4.69, 9.17) is 8.83 Å². The summed E-state index contributed by atoms with van der Waals surface area (Å²) in [5, 5.41) is 4.32. The molecule has 0 amide bonds. The topological polar surface area (TPSA) is 26.3 Å². The van der Waals surface area contributed by atoms with Crippen LogP contribution in [0, 0.1) is 0 Å². The number of hydrogen-bond donors (Lipinski definition) is 0. The van der Waals surface area contributed by atoms with Gasteiger partial charge in [-0.25, -0.2) is 0 Å². The highest BCUT2D eigenvalue weighted by Crippen LogP contribution is 2.46. The Labute approximate surface area is 249 Å². The van der Waals surface area contributed by atoms with Crippen molar-refractivity contribution in [2.24, 2.45) is 0 Å². The van der Waals surface area contributed by atoms with Gasteiger partial charge in [-0.1, -0.05) is 110 Å². The monoisotopic (exact) mass is 552 g/mol. The van der Waals surface area contributed by atoms with Crippen LogP contribution in [0.25, 0.3) is 89.4 Å². The molecule has 0 saturated carbocycles. The second-order valence-corrected chi connectivity index (χ2v) is 10.9. The summed E-state index contributed by atoms with van der Waals surface area (Å²) in [6.45, 7) is 6.06. The van der Waals surface area contributed by atoms with Crippen molar-refractivity contribution in [1.29, 1.82) is 0 Å². The Bertz CT molecular complexity index is 2220. The molecule has 0 radical (unpaired) electrons. The first kappa shape index (κ1) is 25.1. The first-order valence-electron chi connectivity index (χ1n) is 14.6. The van der Waals surface area contributed by atoms with Gasteiger partial charge >= 0.3 is 0 Å². The fourth-order valence-corrected chi connectivity index (χ4v) is 6.26. The molecule has 0 aliphatic rings. The fourth-order valence-electron chi connectivity index (χ4n) is 6.26. The van der Waals surface area contributed by atoms with E-state index in [0.717, 1.165) is 77.3 Å². The first-order valence-corrected chi connectivity index (χ1v) is 14.6. The van der Waals surface area contributed by atoms with Crippen molar-refractivity contribution in [3.8, 4) is 33.4 Å². The predicted octanol–water partition coefficient (Wildman–Crippen LogP) is 12.2. The van der Waals surface area contributed by atoms with Gasteiger partial charge in [-0.15, -0.1) is 0 Å². The molecule has 0 N–H and O–H groups in total. The standard InChI is InChI=1S/C41H28O2/c1-3-11-29-22-32(17-16-26(29)4-2)39-40-35(33-23-30(18-20-37(33)42-40)27-12-7-5-8-13-27)25-36-34-24-31(28-14-9-6-10-15-28)19-21-38(34)43-41(36)39/h3-25H,2H2,1H3/b11-3-. The van der Waals surface area contributed by atoms with E-state index in [-0.39, 0.29) is 0 Å². The number of fused-ring (bicyclic) bond motifs is 6. The van der Waals surface area contributed by atoms with Gasteiger partial charge in [-0.2, -0.15) is 0 Å². The third kappa shape index (κ3) is 4.11. The molecule has 0 aliphatic heterocycles. The number of hydrogen-bond acceptors (Lipinski definition) is 2. The Morgan fingerprint density at radius 2 is 1.02 bits per heavy atom. The minimum atomic E-state index is 0.827. The molecule has 43 heavy (non-hydrogen) atoms. The zero-order valence-corrected chi connectivity index (χ0v) is 23.8. The fraction of sp³-hybridized carbons (Fsp3) is 0.0244. The molecule has 6 aromatic carbocycles. The molecule has 0 atom stereocenters. The third-order valence-electron chi connectivity index (χ3n) is 8.35. The van der Waals surface area contributed by atoms with Crippen molar-refractivity contribution in [3.05, 3.63) is 145 Å². The van der Waals surface area contributed by atoms with Gasteiger partial charge in [0.15, 0.2) is 0 Å². The van der Waals surface area contributed by atoms with Gasteiger partial charge in [0, 0.05) is 21.5 Å². The smallest absolute Gasteiger partial charge is 0.147 e. The molecule has 2 heterocycles. The molecule has 0 unspecified atom stereocenters. The van der Waals surface area contributed by atoms with Crippen molar-refractivity contribution in [1.82, 2.24) is 0 Å². The highest BCUT2D eigenvalue weighted by molar-refractivity contribution is 6.22. The highest BCUT2D eigenvalue weighted by atomic mass is 16.3. The molecule has 2 aromatic heterocycles. The van der Waals surface area contributed by atoms with Crippen LogP contribution in [0.4, 0.5) is 0 Å². The van der Waals surface area contributed by atoms with Crippen LogP contribution < -0.4 is 0 Å². The lowest BCUT2D eigenvalue weighted by Crippen LogP contribution is -1.86. The zero-order valence-electron chi connectivity index (χ0n) is 23.8. The molecule has 2 heteroatoms. The zero-order chi connectivity index (χ0) is 28.9. The minimum Gasteiger partial charge on any atom is -0.455 e. The molecule has 0 bridgehead atoms. The van der Waals surface area contributed by atoms with E-state index in [1.807, 2.05) is 25.1 Å². The molecule has 0 spiro atoms. The summed E-state index contributed by atoms with van der Waals surface area (Å²) in [5.41, 5.74) is 12.2. The van der Waals surface area contributed by atoms with E-state index >= 15 is 0 Å². The second-order valence-electron chi connectivity index (χ2n) is 10.9.